The summed E-state index contributed by atoms with van der Waals surface area (Å²) in [5.41, 5.74) is 4.50. The summed E-state index contributed by atoms with van der Waals surface area (Å²) in [5, 5.41) is 0. The molecule has 104 valence electrons. The summed E-state index contributed by atoms with van der Waals surface area (Å²) < 4.78 is 11.3. The average molecular weight is 276 g/mol. The van der Waals surface area contributed by atoms with Gasteiger partial charge in [-0.25, -0.2) is 0 Å². The molecule has 0 aliphatic heterocycles. The lowest BCUT2D eigenvalue weighted by Crippen LogP contribution is -2.28. The molecule has 2 atom stereocenters. The lowest BCUT2D eigenvalue weighted by atomic mass is 10.2. The molecule has 0 aliphatic carbocycles. The van der Waals surface area contributed by atoms with Crippen LogP contribution in [0.25, 0.3) is 0 Å². The van der Waals surface area contributed by atoms with Crippen LogP contribution in [0.15, 0.2) is 30.3 Å². The first kappa shape index (κ1) is 16.0. The topological polar surface area (TPSA) is 18.5 Å². The quantitative estimate of drug-likeness (QED) is 0.605. The highest BCUT2D eigenvalue weighted by Crippen LogP contribution is 2.08. The van der Waals surface area contributed by atoms with Gasteiger partial charge in [0.25, 0.3) is 0 Å². The Kier molecular flexibility index (Phi) is 6.30. The van der Waals surface area contributed by atoms with E-state index in [1.807, 2.05) is 25.1 Å². The smallest absolute Gasteiger partial charge is 0.142 e. The molecule has 1 unspecified atom stereocenters. The third kappa shape index (κ3) is 6.58. The standard InChI is InChI=1S/C16H24O2Si/c1-14(16(17-2)11-12-19(3,4)5)18-13-15-9-7-6-8-10-15/h6-10,14,16H,13H2,1-5H3/t14-,16?/m0/s1. The van der Waals surface area contributed by atoms with Gasteiger partial charge in [0.1, 0.15) is 14.2 Å². The van der Waals surface area contributed by atoms with Crippen LogP contribution in [0.3, 0.4) is 0 Å². The predicted molar refractivity (Wildman–Crippen MR) is 82.6 cm³/mol. The Morgan fingerprint density at radius 3 is 2.32 bits per heavy atom. The summed E-state index contributed by atoms with van der Waals surface area (Å²) in [5.74, 6) is 3.21. The van der Waals surface area contributed by atoms with Crippen molar-refractivity contribution in [2.24, 2.45) is 0 Å². The molecule has 0 saturated heterocycles. The summed E-state index contributed by atoms with van der Waals surface area (Å²) in [4.78, 5) is 0. The molecule has 0 aliphatic rings. The van der Waals surface area contributed by atoms with Crippen LogP contribution in [0, 0.1) is 11.5 Å². The van der Waals surface area contributed by atoms with Gasteiger partial charge in [0, 0.05) is 7.11 Å². The van der Waals surface area contributed by atoms with Crippen LogP contribution in [-0.2, 0) is 16.1 Å². The van der Waals surface area contributed by atoms with E-state index in [1.165, 1.54) is 5.56 Å². The van der Waals surface area contributed by atoms with Crippen molar-refractivity contribution in [3.63, 3.8) is 0 Å². The fraction of sp³-hybridized carbons (Fsp3) is 0.500. The zero-order valence-electron chi connectivity index (χ0n) is 12.6. The summed E-state index contributed by atoms with van der Waals surface area (Å²) in [6.45, 7) is 9.28. The molecule has 0 aromatic heterocycles. The van der Waals surface area contributed by atoms with Crippen LogP contribution in [0.5, 0.6) is 0 Å². The Morgan fingerprint density at radius 1 is 1.16 bits per heavy atom. The van der Waals surface area contributed by atoms with E-state index >= 15 is 0 Å². The number of hydrogen-bond donors (Lipinski definition) is 0. The summed E-state index contributed by atoms with van der Waals surface area (Å²) >= 11 is 0. The van der Waals surface area contributed by atoms with Crippen molar-refractivity contribution >= 4 is 8.07 Å². The maximum absolute atomic E-state index is 5.83. The van der Waals surface area contributed by atoms with E-state index in [1.54, 1.807) is 7.11 Å². The van der Waals surface area contributed by atoms with Gasteiger partial charge in [0.15, 0.2) is 0 Å². The van der Waals surface area contributed by atoms with E-state index in [2.05, 4.69) is 43.2 Å². The molecule has 1 rings (SSSR count). The van der Waals surface area contributed by atoms with Crippen molar-refractivity contribution in [2.75, 3.05) is 7.11 Å². The molecular weight excluding hydrogens is 252 g/mol. The SMILES string of the molecule is COC(C#C[Si](C)(C)C)[C@H](C)OCc1ccccc1. The van der Waals surface area contributed by atoms with Gasteiger partial charge in [-0.3, -0.25) is 0 Å². The first-order valence-electron chi connectivity index (χ1n) is 6.63. The third-order valence-electron chi connectivity index (χ3n) is 2.63. The normalized spacial score (nSPS) is 14.4. The second-order valence-electron chi connectivity index (χ2n) is 5.68. The number of rotatable bonds is 5. The minimum Gasteiger partial charge on any atom is -0.370 e. The number of benzene rings is 1. The van der Waals surface area contributed by atoms with Crippen LogP contribution in [0.4, 0.5) is 0 Å². The molecule has 0 radical (unpaired) electrons. The lowest BCUT2D eigenvalue weighted by molar-refractivity contribution is -0.0291. The van der Waals surface area contributed by atoms with E-state index < -0.39 is 8.07 Å². The molecule has 3 heteroatoms. The molecule has 0 fully saturated rings. The van der Waals surface area contributed by atoms with Crippen LogP contribution >= 0.6 is 0 Å². The molecule has 1 aromatic carbocycles. The van der Waals surface area contributed by atoms with Gasteiger partial charge in [-0.2, -0.15) is 0 Å². The van der Waals surface area contributed by atoms with Crippen LogP contribution in [0.2, 0.25) is 19.6 Å². The van der Waals surface area contributed by atoms with E-state index in [0.717, 1.165) is 0 Å². The van der Waals surface area contributed by atoms with E-state index in [9.17, 15) is 0 Å². The van der Waals surface area contributed by atoms with Gasteiger partial charge in [-0.05, 0) is 12.5 Å². The molecule has 0 saturated carbocycles. The second kappa shape index (κ2) is 7.49. The average Bonchev–Trinajstić information content (AvgIpc) is 2.37. The molecular formula is C16H24O2Si. The van der Waals surface area contributed by atoms with Crippen molar-refractivity contribution < 1.29 is 9.47 Å². The van der Waals surface area contributed by atoms with Crippen LogP contribution in [0.1, 0.15) is 12.5 Å². The molecule has 2 nitrogen and oxygen atoms in total. The van der Waals surface area contributed by atoms with Gasteiger partial charge in [-0.15, -0.1) is 5.54 Å². The third-order valence-corrected chi connectivity index (χ3v) is 3.52. The van der Waals surface area contributed by atoms with E-state index in [-0.39, 0.29) is 12.2 Å². The van der Waals surface area contributed by atoms with Crippen molar-refractivity contribution in [3.8, 4) is 11.5 Å². The van der Waals surface area contributed by atoms with Crippen molar-refractivity contribution in [1.82, 2.24) is 0 Å². The highest BCUT2D eigenvalue weighted by atomic mass is 28.3. The minimum absolute atomic E-state index is 0.0333. The molecule has 1 aromatic rings. The largest absolute Gasteiger partial charge is 0.370 e. The highest BCUT2D eigenvalue weighted by Gasteiger charge is 2.16. The Bertz CT molecular complexity index is 426. The Morgan fingerprint density at radius 2 is 1.79 bits per heavy atom. The maximum atomic E-state index is 5.83. The number of methoxy groups -OCH3 is 1. The van der Waals surface area contributed by atoms with Crippen molar-refractivity contribution in [2.45, 2.75) is 45.4 Å². The number of ether oxygens (including phenoxy) is 2. The van der Waals surface area contributed by atoms with Crippen molar-refractivity contribution in [3.05, 3.63) is 35.9 Å². The molecule has 0 heterocycles. The Hall–Kier alpha value is -1.08. The molecule has 19 heavy (non-hydrogen) atoms. The first-order valence-corrected chi connectivity index (χ1v) is 10.1. The highest BCUT2D eigenvalue weighted by molar-refractivity contribution is 6.83. The first-order chi connectivity index (χ1) is 8.92. The maximum Gasteiger partial charge on any atom is 0.142 e. The fourth-order valence-corrected chi connectivity index (χ4v) is 2.12. The van der Waals surface area contributed by atoms with Crippen LogP contribution < -0.4 is 0 Å². The molecule has 0 bridgehead atoms. The van der Waals surface area contributed by atoms with Crippen LogP contribution in [-0.4, -0.2) is 27.4 Å². The van der Waals surface area contributed by atoms with Gasteiger partial charge < -0.3 is 9.47 Å². The van der Waals surface area contributed by atoms with E-state index in [4.69, 9.17) is 9.47 Å². The Labute approximate surface area is 118 Å². The summed E-state index contributed by atoms with van der Waals surface area (Å²) in [6, 6.07) is 10.2. The van der Waals surface area contributed by atoms with Gasteiger partial charge in [0.2, 0.25) is 0 Å². The van der Waals surface area contributed by atoms with E-state index in [0.29, 0.717) is 6.61 Å². The fourth-order valence-electron chi connectivity index (χ4n) is 1.54. The summed E-state index contributed by atoms with van der Waals surface area (Å²) in [7, 11) is 0.321. The van der Waals surface area contributed by atoms with Gasteiger partial charge >= 0.3 is 0 Å². The number of hydrogen-bond acceptors (Lipinski definition) is 2. The molecule has 0 spiro atoms. The van der Waals surface area contributed by atoms with Gasteiger partial charge in [-0.1, -0.05) is 55.9 Å². The minimum atomic E-state index is -1.37. The van der Waals surface area contributed by atoms with Crippen molar-refractivity contribution in [1.29, 1.82) is 0 Å². The lowest BCUT2D eigenvalue weighted by Gasteiger charge is -2.19. The van der Waals surface area contributed by atoms with Gasteiger partial charge in [0.05, 0.1) is 12.7 Å². The molecule has 0 amide bonds. The monoisotopic (exact) mass is 276 g/mol. The Balaban J connectivity index is 2.54. The second-order valence-corrected chi connectivity index (χ2v) is 10.4. The zero-order chi connectivity index (χ0) is 14.3. The molecule has 0 N–H and O–H groups in total. The summed E-state index contributed by atoms with van der Waals surface area (Å²) in [6.07, 6.45) is -0.190. The zero-order valence-corrected chi connectivity index (χ0v) is 13.6. The predicted octanol–water partition coefficient (Wildman–Crippen LogP) is 3.49.